The van der Waals surface area contributed by atoms with Gasteiger partial charge in [0, 0.05) is 12.2 Å². The number of hydrogen-bond acceptors (Lipinski definition) is 10. The summed E-state index contributed by atoms with van der Waals surface area (Å²) in [7, 11) is 0. The average molecular weight is 628 g/mol. The smallest absolute Gasteiger partial charge is 0.249 e. The standard InChI is InChI=1S/C30H53N5O7S/c1-3-5-6-7-8-9-10-11-12-13-14-15-16-17-23(36)31-21(20-43-18-4-2)30(42)32-22-19-35(34-33-22)24-25(37)27(39)29(41)28(40)26(24)38/h4,19,21,24-29,37-41H,2-3,5-18,20H2,1H3,(H,31,36)(H,32,42)/t21-,24-,25+,26+,27+,28-,29-/m1/s1. The highest BCUT2D eigenvalue weighted by atomic mass is 32.2. The zero-order valence-corrected chi connectivity index (χ0v) is 26.3. The highest BCUT2D eigenvalue weighted by Crippen LogP contribution is 2.30. The minimum Gasteiger partial charge on any atom is -0.388 e. The van der Waals surface area contributed by atoms with Crippen LogP contribution < -0.4 is 10.6 Å². The molecule has 0 bridgehead atoms. The van der Waals surface area contributed by atoms with Crippen LogP contribution in [-0.2, 0) is 9.59 Å². The summed E-state index contributed by atoms with van der Waals surface area (Å²) >= 11 is 1.44. The van der Waals surface area contributed by atoms with Crippen LogP contribution in [0.15, 0.2) is 6.20 Å². The summed E-state index contributed by atoms with van der Waals surface area (Å²) in [4.78, 5) is 25.7. The quantitative estimate of drug-likeness (QED) is 0.0940. The normalized spacial score (nSPS) is 24.5. The molecule has 2 amide bonds. The van der Waals surface area contributed by atoms with E-state index < -0.39 is 48.5 Å². The number of aliphatic hydroxyl groups excluding tert-OH is 5. The molecule has 2 rings (SSSR count). The minimum atomic E-state index is -1.74. The van der Waals surface area contributed by atoms with Gasteiger partial charge in [-0.25, -0.2) is 4.68 Å². The lowest BCUT2D eigenvalue weighted by Gasteiger charge is -2.41. The molecule has 1 aromatic heterocycles. The van der Waals surface area contributed by atoms with E-state index in [0.29, 0.717) is 17.9 Å². The topological polar surface area (TPSA) is 190 Å². The van der Waals surface area contributed by atoms with Gasteiger partial charge in [-0.2, -0.15) is 11.8 Å². The van der Waals surface area contributed by atoms with Gasteiger partial charge in [-0.3, -0.25) is 9.59 Å². The van der Waals surface area contributed by atoms with Crippen molar-refractivity contribution in [2.45, 2.75) is 139 Å². The minimum absolute atomic E-state index is 0.0102. The van der Waals surface area contributed by atoms with Crippen LogP contribution in [0.2, 0.25) is 0 Å². The predicted octanol–water partition coefficient (Wildman–Crippen LogP) is 2.31. The van der Waals surface area contributed by atoms with Crippen molar-refractivity contribution >= 4 is 29.4 Å². The fraction of sp³-hybridized carbons (Fsp3) is 0.800. The molecule has 1 aliphatic rings. The fourth-order valence-corrected chi connectivity index (χ4v) is 6.01. The summed E-state index contributed by atoms with van der Waals surface area (Å²) in [6, 6.07) is -2.15. The Bertz CT molecular complexity index is 907. The van der Waals surface area contributed by atoms with Gasteiger partial charge in [-0.05, 0) is 25.5 Å². The summed E-state index contributed by atoms with van der Waals surface area (Å²) in [6.45, 7) is 5.92. The summed E-state index contributed by atoms with van der Waals surface area (Å²) in [6.07, 6.45) is 10.6. The lowest BCUT2D eigenvalue weighted by molar-refractivity contribution is -0.200. The largest absolute Gasteiger partial charge is 0.388 e. The molecule has 1 aliphatic carbocycles. The van der Waals surface area contributed by atoms with Gasteiger partial charge in [0.15, 0.2) is 5.82 Å². The second-order valence-corrected chi connectivity index (χ2v) is 12.5. The second kappa shape index (κ2) is 21.1. The number of carbonyl (C=O) groups is 2. The van der Waals surface area contributed by atoms with Crippen molar-refractivity contribution in [3.05, 3.63) is 19.5 Å². The Morgan fingerprint density at radius 3 is 1.93 bits per heavy atom. The van der Waals surface area contributed by atoms with E-state index in [1.54, 1.807) is 6.42 Å². The van der Waals surface area contributed by atoms with E-state index in [0.717, 1.165) is 23.9 Å². The maximum Gasteiger partial charge on any atom is 0.249 e. The Labute approximate surface area is 260 Å². The molecule has 0 saturated heterocycles. The molecular weight excluding hydrogens is 574 g/mol. The molecule has 7 atom stereocenters. The molecule has 43 heavy (non-hydrogen) atoms. The summed E-state index contributed by atoms with van der Waals surface area (Å²) in [5.74, 6) is 0.183. The predicted molar refractivity (Wildman–Crippen MR) is 167 cm³/mol. The van der Waals surface area contributed by atoms with Gasteiger partial charge >= 0.3 is 0 Å². The maximum atomic E-state index is 13.0. The van der Waals surface area contributed by atoms with E-state index in [9.17, 15) is 35.1 Å². The van der Waals surface area contributed by atoms with Crippen LogP contribution in [0.4, 0.5) is 5.82 Å². The zero-order chi connectivity index (χ0) is 31.6. The monoisotopic (exact) mass is 627 g/mol. The van der Waals surface area contributed by atoms with Gasteiger partial charge in [0.25, 0.3) is 0 Å². The molecule has 7 N–H and O–H groups in total. The number of rotatable bonds is 22. The van der Waals surface area contributed by atoms with Gasteiger partial charge in [0.05, 0.1) is 6.20 Å². The third-order valence-electron chi connectivity index (χ3n) is 7.85. The molecule has 12 nitrogen and oxygen atoms in total. The number of unbranched alkanes of at least 4 members (excludes halogenated alkanes) is 12. The van der Waals surface area contributed by atoms with Crippen LogP contribution in [0.3, 0.4) is 0 Å². The highest BCUT2D eigenvalue weighted by Gasteiger charge is 2.49. The maximum absolute atomic E-state index is 13.0. The molecule has 0 spiro atoms. The Kier molecular flexibility index (Phi) is 18.3. The van der Waals surface area contributed by atoms with Crippen molar-refractivity contribution in [3.8, 4) is 0 Å². The molecule has 246 valence electrons. The van der Waals surface area contributed by atoms with Crippen LogP contribution in [-0.4, -0.2) is 100 Å². The van der Waals surface area contributed by atoms with E-state index >= 15 is 0 Å². The Morgan fingerprint density at radius 1 is 0.884 bits per heavy atom. The van der Waals surface area contributed by atoms with Crippen LogP contribution in [0.1, 0.15) is 103 Å². The van der Waals surface area contributed by atoms with Crippen molar-refractivity contribution in [1.82, 2.24) is 20.3 Å². The Balaban J connectivity index is 1.76. The van der Waals surface area contributed by atoms with E-state index in [2.05, 4.69) is 34.8 Å². The highest BCUT2D eigenvalue weighted by molar-refractivity contribution is 7.99. The zero-order valence-electron chi connectivity index (χ0n) is 25.5. The number of aliphatic hydroxyl groups is 5. The molecule has 1 aromatic rings. The first-order chi connectivity index (χ1) is 20.7. The number of aromatic nitrogens is 3. The molecule has 0 aliphatic heterocycles. The molecule has 1 saturated carbocycles. The van der Waals surface area contributed by atoms with Crippen molar-refractivity contribution in [2.24, 2.45) is 0 Å². The van der Waals surface area contributed by atoms with Crippen molar-refractivity contribution in [3.63, 3.8) is 0 Å². The average Bonchev–Trinajstić information content (AvgIpc) is 3.44. The molecule has 1 heterocycles. The second-order valence-electron chi connectivity index (χ2n) is 11.5. The number of hydrogen-bond donors (Lipinski definition) is 7. The number of nitrogens with one attached hydrogen (secondary N) is 2. The Morgan fingerprint density at radius 2 is 1.40 bits per heavy atom. The number of amides is 2. The van der Waals surface area contributed by atoms with Gasteiger partial charge < -0.3 is 36.2 Å². The van der Waals surface area contributed by atoms with E-state index in [-0.39, 0.29) is 11.7 Å². The fourth-order valence-electron chi connectivity index (χ4n) is 5.24. The number of nitrogens with zero attached hydrogens (tertiary/aromatic N) is 3. The van der Waals surface area contributed by atoms with Gasteiger partial charge in [0.1, 0.15) is 42.6 Å². The molecule has 0 aromatic carbocycles. The number of carbonyl (C=O) groups excluding carboxylic acids is 2. The SMILES string of the molecule is [CH2][CH]CSC[C@@H](NC(=O)CCCCCCCCCCCCCCC)C(=O)Nc1cn([C@@H]2[C@H](O)[C@H](O)[C@@H](O)[C@H](O)[C@H]2O)nn1. The number of anilines is 1. The van der Waals surface area contributed by atoms with Crippen molar-refractivity contribution in [1.29, 1.82) is 0 Å². The summed E-state index contributed by atoms with van der Waals surface area (Å²) < 4.78 is 1.01. The van der Waals surface area contributed by atoms with Crippen molar-refractivity contribution < 1.29 is 35.1 Å². The summed E-state index contributed by atoms with van der Waals surface area (Å²) in [5.41, 5.74) is 0. The van der Waals surface area contributed by atoms with E-state index in [1.807, 2.05) is 0 Å². The van der Waals surface area contributed by atoms with E-state index in [4.69, 9.17) is 0 Å². The van der Waals surface area contributed by atoms with E-state index in [1.165, 1.54) is 82.2 Å². The van der Waals surface area contributed by atoms with Crippen LogP contribution >= 0.6 is 11.8 Å². The van der Waals surface area contributed by atoms with Gasteiger partial charge in [-0.15, -0.1) is 5.10 Å². The van der Waals surface area contributed by atoms with Crippen LogP contribution in [0, 0.1) is 13.3 Å². The first-order valence-corrected chi connectivity index (χ1v) is 17.0. The third kappa shape index (κ3) is 13.0. The molecule has 13 heteroatoms. The lowest BCUT2D eigenvalue weighted by atomic mass is 9.83. The first kappa shape index (κ1) is 37.4. The molecule has 2 radical (unpaired) electrons. The van der Waals surface area contributed by atoms with Gasteiger partial charge in [0.2, 0.25) is 11.8 Å². The lowest BCUT2D eigenvalue weighted by Crippen LogP contribution is -2.61. The molecular formula is C30H53N5O7S. The first-order valence-electron chi connectivity index (χ1n) is 15.8. The summed E-state index contributed by atoms with van der Waals surface area (Å²) in [5, 5.41) is 63.5. The van der Waals surface area contributed by atoms with Gasteiger partial charge in [-0.1, -0.05) is 89.2 Å². The molecule has 0 unspecified atom stereocenters. The Hall–Kier alpha value is -1.77. The van der Waals surface area contributed by atoms with Crippen molar-refractivity contribution in [2.75, 3.05) is 16.8 Å². The van der Waals surface area contributed by atoms with Crippen LogP contribution in [0.25, 0.3) is 0 Å². The third-order valence-corrected chi connectivity index (χ3v) is 8.89. The van der Waals surface area contributed by atoms with Crippen LogP contribution in [0.5, 0.6) is 0 Å². The number of thioether (sulfide) groups is 1. The molecule has 1 fully saturated rings.